The average Bonchev–Trinajstić information content (AvgIpc) is 3.31. The second kappa shape index (κ2) is 9.26. The van der Waals surface area contributed by atoms with Gasteiger partial charge in [-0.25, -0.2) is 4.98 Å². The van der Waals surface area contributed by atoms with Crippen molar-refractivity contribution in [1.82, 2.24) is 19.8 Å². The molecule has 1 aromatic carbocycles. The number of guanidine groups is 1. The fourth-order valence-corrected chi connectivity index (χ4v) is 2.98. The smallest absolute Gasteiger partial charge is 0.226 e. The van der Waals surface area contributed by atoms with E-state index in [0.717, 1.165) is 36.7 Å². The van der Waals surface area contributed by atoms with Gasteiger partial charge in [0.2, 0.25) is 5.89 Å². The van der Waals surface area contributed by atoms with Crippen LogP contribution in [0.15, 0.2) is 58.3 Å². The lowest BCUT2D eigenvalue weighted by Crippen LogP contribution is -2.39. The first-order valence-corrected chi connectivity index (χ1v) is 9.68. The molecule has 3 aromatic rings. The summed E-state index contributed by atoms with van der Waals surface area (Å²) in [6.45, 7) is 6.44. The lowest BCUT2D eigenvalue weighted by atomic mass is 10.1. The fraction of sp³-hybridized carbons (Fsp3) is 0.364. The van der Waals surface area contributed by atoms with Gasteiger partial charge in [0.25, 0.3) is 0 Å². The van der Waals surface area contributed by atoms with E-state index in [2.05, 4.69) is 78.2 Å². The third-order valence-corrected chi connectivity index (χ3v) is 4.63. The molecule has 2 heterocycles. The van der Waals surface area contributed by atoms with Crippen molar-refractivity contribution in [2.24, 2.45) is 12.0 Å². The summed E-state index contributed by atoms with van der Waals surface area (Å²) < 4.78 is 7.77. The van der Waals surface area contributed by atoms with Crippen LogP contribution in [-0.2, 0) is 20.0 Å². The first-order chi connectivity index (χ1) is 13.6. The van der Waals surface area contributed by atoms with Gasteiger partial charge in [0.1, 0.15) is 6.26 Å². The molecule has 0 saturated heterocycles. The molecule has 0 aliphatic rings. The zero-order chi connectivity index (χ0) is 19.9. The first kappa shape index (κ1) is 19.7. The molecule has 6 heteroatoms. The van der Waals surface area contributed by atoms with Crippen LogP contribution in [0.3, 0.4) is 0 Å². The lowest BCUT2D eigenvalue weighted by Gasteiger charge is -2.22. The van der Waals surface area contributed by atoms with Gasteiger partial charge in [0, 0.05) is 51.1 Å². The summed E-state index contributed by atoms with van der Waals surface area (Å²) in [4.78, 5) is 11.5. The maximum atomic E-state index is 5.64. The van der Waals surface area contributed by atoms with Crippen molar-refractivity contribution < 1.29 is 4.42 Å². The molecule has 0 amide bonds. The van der Waals surface area contributed by atoms with E-state index in [1.54, 1.807) is 6.26 Å². The van der Waals surface area contributed by atoms with Crippen molar-refractivity contribution >= 4 is 5.96 Å². The van der Waals surface area contributed by atoms with Gasteiger partial charge in [-0.15, -0.1) is 0 Å². The second-order valence-corrected chi connectivity index (χ2v) is 6.96. The highest BCUT2D eigenvalue weighted by Crippen LogP contribution is 2.19. The molecule has 3 rings (SSSR count). The highest BCUT2D eigenvalue weighted by atomic mass is 16.3. The van der Waals surface area contributed by atoms with E-state index in [0.29, 0.717) is 12.4 Å². The number of hydrogen-bond donors (Lipinski definition) is 1. The standard InChI is InChI=1S/C22H29N5O/c1-5-23-22(27(4)15-20-7-6-14-26(20)3)24-13-12-19-16-28-21(25-19)18-10-8-17(2)9-11-18/h6-11,14,16H,5,12-13,15H2,1-4H3,(H,23,24). The summed E-state index contributed by atoms with van der Waals surface area (Å²) in [7, 11) is 4.11. The van der Waals surface area contributed by atoms with Crippen LogP contribution in [0, 0.1) is 6.92 Å². The van der Waals surface area contributed by atoms with Crippen LogP contribution < -0.4 is 5.32 Å². The Hall–Kier alpha value is -3.02. The Bertz CT molecular complexity index is 907. The zero-order valence-corrected chi connectivity index (χ0v) is 17.1. The molecule has 2 aromatic heterocycles. The number of oxazole rings is 1. The van der Waals surface area contributed by atoms with Gasteiger partial charge in [-0.1, -0.05) is 17.7 Å². The highest BCUT2D eigenvalue weighted by Gasteiger charge is 2.09. The maximum Gasteiger partial charge on any atom is 0.226 e. The minimum absolute atomic E-state index is 0.652. The summed E-state index contributed by atoms with van der Waals surface area (Å²) in [5, 5.41) is 3.36. The molecule has 0 saturated carbocycles. The molecule has 0 atom stereocenters. The number of aromatic nitrogens is 2. The van der Waals surface area contributed by atoms with Gasteiger partial charge in [0.05, 0.1) is 12.2 Å². The highest BCUT2D eigenvalue weighted by molar-refractivity contribution is 5.79. The quantitative estimate of drug-likeness (QED) is 0.503. The van der Waals surface area contributed by atoms with Crippen LogP contribution in [-0.4, -0.2) is 40.5 Å². The number of nitrogens with one attached hydrogen (secondary N) is 1. The molecular weight excluding hydrogens is 350 g/mol. The normalized spacial score (nSPS) is 11.6. The molecular formula is C22H29N5O. The SMILES string of the molecule is CCNC(=NCCc1coc(-c2ccc(C)cc2)n1)N(C)Cc1cccn1C. The summed E-state index contributed by atoms with van der Waals surface area (Å²) in [6.07, 6.45) is 4.52. The van der Waals surface area contributed by atoms with E-state index >= 15 is 0 Å². The van der Waals surface area contributed by atoms with Crippen LogP contribution >= 0.6 is 0 Å². The summed E-state index contributed by atoms with van der Waals surface area (Å²) in [5.41, 5.74) is 4.38. The Kier molecular flexibility index (Phi) is 6.53. The Morgan fingerprint density at radius 2 is 2.04 bits per heavy atom. The van der Waals surface area contributed by atoms with Crippen LogP contribution in [0.4, 0.5) is 0 Å². The van der Waals surface area contributed by atoms with Crippen LogP contribution in [0.2, 0.25) is 0 Å². The first-order valence-electron chi connectivity index (χ1n) is 9.68. The van der Waals surface area contributed by atoms with Crippen molar-refractivity contribution in [2.45, 2.75) is 26.8 Å². The van der Waals surface area contributed by atoms with Crippen molar-refractivity contribution in [3.8, 4) is 11.5 Å². The van der Waals surface area contributed by atoms with Crippen LogP contribution in [0.25, 0.3) is 11.5 Å². The van der Waals surface area contributed by atoms with E-state index in [1.807, 2.05) is 12.1 Å². The van der Waals surface area contributed by atoms with Gasteiger partial charge in [-0.3, -0.25) is 4.99 Å². The molecule has 0 aliphatic heterocycles. The molecule has 0 aliphatic carbocycles. The zero-order valence-electron chi connectivity index (χ0n) is 17.1. The lowest BCUT2D eigenvalue weighted by molar-refractivity contribution is 0.462. The average molecular weight is 380 g/mol. The Labute approximate surface area is 166 Å². The van der Waals surface area contributed by atoms with Gasteiger partial charge in [0.15, 0.2) is 5.96 Å². The Morgan fingerprint density at radius 3 is 2.71 bits per heavy atom. The Balaban J connectivity index is 1.60. The van der Waals surface area contributed by atoms with E-state index in [-0.39, 0.29) is 0 Å². The molecule has 6 nitrogen and oxygen atoms in total. The van der Waals surface area contributed by atoms with Gasteiger partial charge in [-0.2, -0.15) is 0 Å². The van der Waals surface area contributed by atoms with Crippen molar-refractivity contribution in [3.63, 3.8) is 0 Å². The van der Waals surface area contributed by atoms with Gasteiger partial charge >= 0.3 is 0 Å². The Morgan fingerprint density at radius 1 is 1.25 bits per heavy atom. The molecule has 0 unspecified atom stereocenters. The summed E-state index contributed by atoms with van der Waals surface area (Å²) in [6, 6.07) is 12.4. The van der Waals surface area contributed by atoms with Gasteiger partial charge in [-0.05, 0) is 38.1 Å². The minimum atomic E-state index is 0.652. The summed E-state index contributed by atoms with van der Waals surface area (Å²) >= 11 is 0. The molecule has 0 spiro atoms. The van der Waals surface area contributed by atoms with Crippen LogP contribution in [0.1, 0.15) is 23.9 Å². The van der Waals surface area contributed by atoms with E-state index in [4.69, 9.17) is 9.41 Å². The minimum Gasteiger partial charge on any atom is -0.444 e. The number of aliphatic imine (C=N–C) groups is 1. The number of aryl methyl sites for hydroxylation is 2. The van der Waals surface area contributed by atoms with Crippen molar-refractivity contribution in [1.29, 1.82) is 0 Å². The number of nitrogens with zero attached hydrogens (tertiary/aromatic N) is 4. The predicted octanol–water partition coefficient (Wildman–Crippen LogP) is 3.63. The van der Waals surface area contributed by atoms with E-state index in [1.165, 1.54) is 11.3 Å². The molecule has 28 heavy (non-hydrogen) atoms. The monoisotopic (exact) mass is 379 g/mol. The molecule has 0 bridgehead atoms. The number of rotatable bonds is 7. The van der Waals surface area contributed by atoms with Crippen LogP contribution in [0.5, 0.6) is 0 Å². The van der Waals surface area contributed by atoms with E-state index < -0.39 is 0 Å². The van der Waals surface area contributed by atoms with Crippen molar-refractivity contribution in [3.05, 3.63) is 65.8 Å². The van der Waals surface area contributed by atoms with Gasteiger partial charge < -0.3 is 19.2 Å². The summed E-state index contributed by atoms with van der Waals surface area (Å²) in [5.74, 6) is 1.55. The third kappa shape index (κ3) is 5.03. The topological polar surface area (TPSA) is 58.6 Å². The third-order valence-electron chi connectivity index (χ3n) is 4.63. The number of hydrogen-bond acceptors (Lipinski definition) is 3. The number of benzene rings is 1. The predicted molar refractivity (Wildman–Crippen MR) is 113 cm³/mol. The van der Waals surface area contributed by atoms with Crippen molar-refractivity contribution in [2.75, 3.05) is 20.1 Å². The molecule has 0 radical (unpaired) electrons. The second-order valence-electron chi connectivity index (χ2n) is 6.96. The molecule has 148 valence electrons. The fourth-order valence-electron chi connectivity index (χ4n) is 2.98. The maximum absolute atomic E-state index is 5.64. The molecule has 0 fully saturated rings. The largest absolute Gasteiger partial charge is 0.444 e. The molecule has 1 N–H and O–H groups in total. The van der Waals surface area contributed by atoms with E-state index in [9.17, 15) is 0 Å².